The SMILES string of the molecule is CCCCCCCCCCCCCC(O)Cc1ccccc1C(=O)Cl. The van der Waals surface area contributed by atoms with Gasteiger partial charge < -0.3 is 5.11 Å². The summed E-state index contributed by atoms with van der Waals surface area (Å²) in [5, 5.41) is 9.75. The predicted molar refractivity (Wildman–Crippen MR) is 107 cm³/mol. The van der Waals surface area contributed by atoms with E-state index in [4.69, 9.17) is 11.6 Å². The van der Waals surface area contributed by atoms with Gasteiger partial charge >= 0.3 is 0 Å². The van der Waals surface area contributed by atoms with E-state index in [-0.39, 0.29) is 0 Å². The topological polar surface area (TPSA) is 37.3 Å². The first kappa shape index (κ1) is 22.2. The van der Waals surface area contributed by atoms with E-state index in [1.165, 1.54) is 64.2 Å². The number of carbonyl (C=O) groups excluding carboxylic acids is 1. The van der Waals surface area contributed by atoms with E-state index >= 15 is 0 Å². The maximum Gasteiger partial charge on any atom is 0.252 e. The van der Waals surface area contributed by atoms with Gasteiger partial charge in [0, 0.05) is 5.56 Å². The van der Waals surface area contributed by atoms with Crippen LogP contribution in [0.3, 0.4) is 0 Å². The molecule has 1 aromatic carbocycles. The van der Waals surface area contributed by atoms with Crippen LogP contribution in [0.5, 0.6) is 0 Å². The minimum Gasteiger partial charge on any atom is -0.393 e. The molecule has 0 fully saturated rings. The smallest absolute Gasteiger partial charge is 0.252 e. The number of unbranched alkanes of at least 4 members (excludes halogenated alkanes) is 10. The lowest BCUT2D eigenvalue weighted by Crippen LogP contribution is -2.12. The molecule has 0 spiro atoms. The second-order valence-corrected chi connectivity index (χ2v) is 7.46. The van der Waals surface area contributed by atoms with Crippen LogP contribution in [-0.4, -0.2) is 16.5 Å². The third-order valence-electron chi connectivity index (χ3n) is 4.83. The van der Waals surface area contributed by atoms with Crippen LogP contribution in [0.15, 0.2) is 24.3 Å². The lowest BCUT2D eigenvalue weighted by atomic mass is 9.98. The van der Waals surface area contributed by atoms with Crippen LogP contribution in [0.25, 0.3) is 0 Å². The van der Waals surface area contributed by atoms with Gasteiger partial charge in [-0.3, -0.25) is 4.79 Å². The van der Waals surface area contributed by atoms with E-state index in [2.05, 4.69) is 6.92 Å². The number of rotatable bonds is 15. The fourth-order valence-electron chi connectivity index (χ4n) is 3.29. The fraction of sp³-hybridized carbons (Fsp3) is 0.682. The summed E-state index contributed by atoms with van der Waals surface area (Å²) in [4.78, 5) is 11.4. The van der Waals surface area contributed by atoms with Gasteiger partial charge in [-0.1, -0.05) is 95.8 Å². The summed E-state index contributed by atoms with van der Waals surface area (Å²) in [6, 6.07) is 7.28. The highest BCUT2D eigenvalue weighted by Gasteiger charge is 2.12. The van der Waals surface area contributed by atoms with Crippen molar-refractivity contribution in [3.63, 3.8) is 0 Å². The zero-order valence-corrected chi connectivity index (χ0v) is 16.6. The van der Waals surface area contributed by atoms with Crippen molar-refractivity contribution in [3.05, 3.63) is 35.4 Å². The van der Waals surface area contributed by atoms with Crippen molar-refractivity contribution >= 4 is 16.8 Å². The van der Waals surface area contributed by atoms with E-state index in [9.17, 15) is 9.90 Å². The fourth-order valence-corrected chi connectivity index (χ4v) is 3.47. The molecule has 3 heteroatoms. The van der Waals surface area contributed by atoms with E-state index in [0.717, 1.165) is 18.4 Å². The van der Waals surface area contributed by atoms with E-state index in [0.29, 0.717) is 12.0 Å². The highest BCUT2D eigenvalue weighted by atomic mass is 35.5. The number of aliphatic hydroxyl groups is 1. The van der Waals surface area contributed by atoms with Crippen molar-refractivity contribution in [2.45, 2.75) is 96.5 Å². The molecule has 1 N–H and O–H groups in total. The molecule has 0 aromatic heterocycles. The van der Waals surface area contributed by atoms with Gasteiger partial charge in [0.25, 0.3) is 5.24 Å². The normalized spacial score (nSPS) is 12.3. The van der Waals surface area contributed by atoms with Gasteiger partial charge in [-0.05, 0) is 36.1 Å². The van der Waals surface area contributed by atoms with Crippen LogP contribution in [0.4, 0.5) is 0 Å². The molecule has 0 saturated heterocycles. The second-order valence-electron chi connectivity index (χ2n) is 7.11. The average Bonchev–Trinajstić information content (AvgIpc) is 2.60. The van der Waals surface area contributed by atoms with Gasteiger partial charge in [-0.25, -0.2) is 0 Å². The molecule has 1 atom stereocenters. The number of aliphatic hydroxyl groups excluding tert-OH is 1. The first-order valence-electron chi connectivity index (χ1n) is 10.1. The number of hydrogen-bond acceptors (Lipinski definition) is 2. The highest BCUT2D eigenvalue weighted by Crippen LogP contribution is 2.17. The van der Waals surface area contributed by atoms with Crippen molar-refractivity contribution in [2.24, 2.45) is 0 Å². The van der Waals surface area contributed by atoms with Gasteiger partial charge in [-0.2, -0.15) is 0 Å². The van der Waals surface area contributed by atoms with Crippen LogP contribution >= 0.6 is 11.6 Å². The molecule has 0 aliphatic rings. The molecule has 1 aromatic rings. The lowest BCUT2D eigenvalue weighted by Gasteiger charge is -2.12. The van der Waals surface area contributed by atoms with Crippen molar-refractivity contribution in [3.8, 4) is 0 Å². The second kappa shape index (κ2) is 14.3. The molecule has 0 bridgehead atoms. The lowest BCUT2D eigenvalue weighted by molar-refractivity contribution is 0.107. The van der Waals surface area contributed by atoms with Crippen LogP contribution in [-0.2, 0) is 6.42 Å². The van der Waals surface area contributed by atoms with Crippen LogP contribution in [0.1, 0.15) is 99.9 Å². The molecule has 0 aliphatic heterocycles. The van der Waals surface area contributed by atoms with Gasteiger partial charge in [0.15, 0.2) is 0 Å². The minimum atomic E-state index is -0.447. The molecule has 0 saturated carbocycles. The van der Waals surface area contributed by atoms with Crippen LogP contribution in [0.2, 0.25) is 0 Å². The summed E-state index contributed by atoms with van der Waals surface area (Å²) in [6.07, 6.45) is 15.3. The quantitative estimate of drug-likeness (QED) is 0.278. The first-order valence-corrected chi connectivity index (χ1v) is 10.5. The molecule has 1 unspecified atom stereocenters. The third-order valence-corrected chi connectivity index (χ3v) is 5.03. The zero-order chi connectivity index (χ0) is 18.3. The first-order chi connectivity index (χ1) is 12.1. The molecule has 0 heterocycles. The van der Waals surface area contributed by atoms with Gasteiger partial charge in [-0.15, -0.1) is 0 Å². The monoisotopic (exact) mass is 366 g/mol. The Hall–Kier alpha value is -0.860. The van der Waals surface area contributed by atoms with Gasteiger partial charge in [0.05, 0.1) is 6.10 Å². The molecule has 2 nitrogen and oxygen atoms in total. The van der Waals surface area contributed by atoms with Gasteiger partial charge in [0.2, 0.25) is 0 Å². The van der Waals surface area contributed by atoms with Crippen LogP contribution in [0, 0.1) is 0 Å². The summed E-state index contributed by atoms with van der Waals surface area (Å²) < 4.78 is 0. The molecule has 0 aliphatic carbocycles. The Kier molecular flexibility index (Phi) is 12.7. The zero-order valence-electron chi connectivity index (χ0n) is 15.8. The third kappa shape index (κ3) is 10.7. The summed E-state index contributed by atoms with van der Waals surface area (Å²) in [7, 11) is 0. The maximum atomic E-state index is 11.4. The molecule has 1 rings (SSSR count). The summed E-state index contributed by atoms with van der Waals surface area (Å²) in [5.41, 5.74) is 1.36. The van der Waals surface area contributed by atoms with Crippen molar-refractivity contribution in [1.82, 2.24) is 0 Å². The molecule has 142 valence electrons. The Balaban J connectivity index is 2.04. The Labute approximate surface area is 159 Å². The largest absolute Gasteiger partial charge is 0.393 e. The molecular weight excluding hydrogens is 332 g/mol. The summed E-state index contributed by atoms with van der Waals surface area (Å²) in [6.45, 7) is 2.26. The van der Waals surface area contributed by atoms with Crippen molar-refractivity contribution in [1.29, 1.82) is 0 Å². The number of halogens is 1. The van der Waals surface area contributed by atoms with E-state index < -0.39 is 11.3 Å². The average molecular weight is 367 g/mol. The standard InChI is InChI=1S/C22H35ClO2/c1-2-3-4-5-6-7-8-9-10-11-12-16-20(24)18-19-15-13-14-17-21(19)22(23)25/h13-15,17,20,24H,2-12,16,18H2,1H3. The predicted octanol–water partition coefficient (Wildman–Crippen LogP) is 6.67. The Morgan fingerprint density at radius 3 is 2.00 bits per heavy atom. The minimum absolute atomic E-state index is 0.393. The Morgan fingerprint density at radius 2 is 1.44 bits per heavy atom. The van der Waals surface area contributed by atoms with Crippen LogP contribution < -0.4 is 0 Å². The molecular formula is C22H35ClO2. The maximum absolute atomic E-state index is 11.4. The molecule has 0 radical (unpaired) electrons. The Morgan fingerprint density at radius 1 is 0.920 bits per heavy atom. The van der Waals surface area contributed by atoms with E-state index in [1.54, 1.807) is 12.1 Å². The Bertz CT molecular complexity index is 473. The highest BCUT2D eigenvalue weighted by molar-refractivity contribution is 6.67. The summed E-state index contributed by atoms with van der Waals surface area (Å²) in [5.74, 6) is 0. The number of carbonyl (C=O) groups is 1. The van der Waals surface area contributed by atoms with Crippen molar-refractivity contribution in [2.75, 3.05) is 0 Å². The summed E-state index contributed by atoms with van der Waals surface area (Å²) >= 11 is 5.59. The number of hydrogen-bond donors (Lipinski definition) is 1. The van der Waals surface area contributed by atoms with Gasteiger partial charge in [0.1, 0.15) is 0 Å². The molecule has 0 amide bonds. The van der Waals surface area contributed by atoms with Crippen molar-refractivity contribution < 1.29 is 9.90 Å². The molecule has 25 heavy (non-hydrogen) atoms. The number of benzene rings is 1. The van der Waals surface area contributed by atoms with E-state index in [1.807, 2.05) is 12.1 Å².